The predicted molar refractivity (Wildman–Crippen MR) is 98.5 cm³/mol. The molecule has 0 amide bonds. The monoisotopic (exact) mass is 386 g/mol. The molecule has 1 aromatic carbocycles. The molecule has 3 heterocycles. The number of anilines is 1. The summed E-state index contributed by atoms with van der Waals surface area (Å²) in [6, 6.07) is 10.2. The van der Waals surface area contributed by atoms with Crippen molar-refractivity contribution >= 4 is 5.82 Å². The van der Waals surface area contributed by atoms with Crippen molar-refractivity contribution < 1.29 is 18.3 Å². The fraction of sp³-hybridized carbons (Fsp3) is 0.250. The van der Waals surface area contributed by atoms with Crippen LogP contribution in [0.1, 0.15) is 12.0 Å². The maximum Gasteiger partial charge on any atom is 0.416 e. The molecule has 144 valence electrons. The van der Waals surface area contributed by atoms with E-state index in [9.17, 15) is 18.3 Å². The van der Waals surface area contributed by atoms with Crippen molar-refractivity contribution in [1.29, 1.82) is 0 Å². The van der Waals surface area contributed by atoms with E-state index >= 15 is 0 Å². The fourth-order valence-corrected chi connectivity index (χ4v) is 3.15. The summed E-state index contributed by atoms with van der Waals surface area (Å²) in [4.78, 5) is 15.1. The zero-order chi connectivity index (χ0) is 19.7. The van der Waals surface area contributed by atoms with Crippen LogP contribution >= 0.6 is 0 Å². The molecule has 4 rings (SSSR count). The number of halogens is 3. The van der Waals surface area contributed by atoms with Gasteiger partial charge >= 0.3 is 6.18 Å². The smallest absolute Gasteiger partial charge is 0.391 e. The number of aliphatic hydroxyl groups is 1. The lowest BCUT2D eigenvalue weighted by Crippen LogP contribution is -2.22. The van der Waals surface area contributed by atoms with Crippen molar-refractivity contribution in [3.8, 4) is 22.6 Å². The first-order chi connectivity index (χ1) is 13.4. The number of hydrogen-bond acceptors (Lipinski definition) is 5. The normalized spacial score (nSPS) is 17.1. The van der Waals surface area contributed by atoms with E-state index in [2.05, 4.69) is 15.0 Å². The van der Waals surface area contributed by atoms with Gasteiger partial charge in [0.15, 0.2) is 5.82 Å². The van der Waals surface area contributed by atoms with Gasteiger partial charge in [-0.25, -0.2) is 9.97 Å². The van der Waals surface area contributed by atoms with Crippen LogP contribution in [0.2, 0.25) is 0 Å². The lowest BCUT2D eigenvalue weighted by Gasteiger charge is -2.18. The van der Waals surface area contributed by atoms with E-state index in [4.69, 9.17) is 0 Å². The Morgan fingerprint density at radius 3 is 2.43 bits per heavy atom. The molecule has 2 aromatic heterocycles. The Morgan fingerprint density at radius 1 is 1.04 bits per heavy atom. The first-order valence-corrected chi connectivity index (χ1v) is 8.80. The minimum Gasteiger partial charge on any atom is -0.391 e. The van der Waals surface area contributed by atoms with Crippen molar-refractivity contribution in [1.82, 2.24) is 15.0 Å². The molecule has 28 heavy (non-hydrogen) atoms. The molecule has 1 fully saturated rings. The Bertz CT molecular complexity index is 961. The van der Waals surface area contributed by atoms with Gasteiger partial charge in [0.05, 0.1) is 17.4 Å². The van der Waals surface area contributed by atoms with Gasteiger partial charge in [0.2, 0.25) is 0 Å². The Labute approximate surface area is 159 Å². The summed E-state index contributed by atoms with van der Waals surface area (Å²) in [6.45, 7) is 1.10. The van der Waals surface area contributed by atoms with Crippen molar-refractivity contribution in [3.05, 3.63) is 60.4 Å². The summed E-state index contributed by atoms with van der Waals surface area (Å²) in [6.07, 6.45) is -0.898. The van der Waals surface area contributed by atoms with Crippen LogP contribution in [-0.4, -0.2) is 39.3 Å². The molecule has 0 saturated carbocycles. The third-order valence-corrected chi connectivity index (χ3v) is 4.63. The number of β-amino-alcohol motifs (C(OH)–C–C–N with tert-alkyl or cyclic N) is 1. The molecule has 0 radical (unpaired) electrons. The van der Waals surface area contributed by atoms with Gasteiger partial charge in [-0.05, 0) is 30.7 Å². The standard InChI is InChI=1S/C20H17F3N4O/c21-20(22,23)15-5-3-13(4-6-15)17-10-18(27-9-7-16(28)12-27)26-19(25-17)14-2-1-8-24-11-14/h1-6,8,10-11,16,28H,7,9,12H2/t16-/m0/s1. The van der Waals surface area contributed by atoms with Crippen molar-refractivity contribution in [3.63, 3.8) is 0 Å². The number of nitrogens with zero attached hydrogens (tertiary/aromatic N) is 4. The molecule has 1 atom stereocenters. The first-order valence-electron chi connectivity index (χ1n) is 8.80. The lowest BCUT2D eigenvalue weighted by atomic mass is 10.1. The Balaban J connectivity index is 1.77. The zero-order valence-corrected chi connectivity index (χ0v) is 14.8. The maximum absolute atomic E-state index is 12.8. The van der Waals surface area contributed by atoms with Gasteiger partial charge < -0.3 is 10.0 Å². The first kappa shape index (κ1) is 18.4. The number of aromatic nitrogens is 3. The molecule has 1 saturated heterocycles. The third-order valence-electron chi connectivity index (χ3n) is 4.63. The van der Waals surface area contributed by atoms with Crippen LogP contribution in [0, 0.1) is 0 Å². The SMILES string of the molecule is O[C@H]1CCN(c2cc(-c3ccc(C(F)(F)F)cc3)nc(-c3cccnc3)n2)C1. The van der Waals surface area contributed by atoms with E-state index in [1.807, 2.05) is 11.0 Å². The summed E-state index contributed by atoms with van der Waals surface area (Å²) >= 11 is 0. The highest BCUT2D eigenvalue weighted by Gasteiger charge is 2.30. The van der Waals surface area contributed by atoms with Gasteiger partial charge in [-0.15, -0.1) is 0 Å². The Hall–Kier alpha value is -3.00. The molecule has 0 bridgehead atoms. The highest BCUT2D eigenvalue weighted by Crippen LogP contribution is 2.32. The van der Waals surface area contributed by atoms with E-state index in [0.29, 0.717) is 48.0 Å². The molecule has 1 N–H and O–H groups in total. The second-order valence-electron chi connectivity index (χ2n) is 6.64. The second-order valence-corrected chi connectivity index (χ2v) is 6.64. The highest BCUT2D eigenvalue weighted by molar-refractivity contribution is 5.68. The van der Waals surface area contributed by atoms with E-state index in [0.717, 1.165) is 12.1 Å². The molecule has 1 aliphatic heterocycles. The molecule has 5 nitrogen and oxygen atoms in total. The summed E-state index contributed by atoms with van der Waals surface area (Å²) in [7, 11) is 0. The fourth-order valence-electron chi connectivity index (χ4n) is 3.15. The molecular weight excluding hydrogens is 369 g/mol. The van der Waals surface area contributed by atoms with Gasteiger partial charge in [0.1, 0.15) is 5.82 Å². The summed E-state index contributed by atoms with van der Waals surface area (Å²) in [5.41, 5.74) is 1.07. The third kappa shape index (κ3) is 3.82. The minimum atomic E-state index is -4.39. The van der Waals surface area contributed by atoms with Crippen LogP contribution < -0.4 is 4.90 Å². The van der Waals surface area contributed by atoms with Crippen LogP contribution in [0.4, 0.5) is 19.0 Å². The average Bonchev–Trinajstić information content (AvgIpc) is 3.14. The maximum atomic E-state index is 12.8. The summed E-state index contributed by atoms with van der Waals surface area (Å²) < 4.78 is 38.5. The predicted octanol–water partition coefficient (Wildman–Crippen LogP) is 3.80. The Kier molecular flexibility index (Phi) is 4.72. The molecule has 1 aliphatic rings. The number of pyridine rings is 1. The molecule has 0 unspecified atom stereocenters. The number of hydrogen-bond donors (Lipinski definition) is 1. The highest BCUT2D eigenvalue weighted by atomic mass is 19.4. The lowest BCUT2D eigenvalue weighted by molar-refractivity contribution is -0.137. The van der Waals surface area contributed by atoms with E-state index in [-0.39, 0.29) is 0 Å². The van der Waals surface area contributed by atoms with E-state index in [1.54, 1.807) is 24.5 Å². The average molecular weight is 386 g/mol. The number of rotatable bonds is 3. The van der Waals surface area contributed by atoms with Crippen LogP contribution in [0.15, 0.2) is 54.9 Å². The number of aliphatic hydroxyl groups excluding tert-OH is 1. The van der Waals surface area contributed by atoms with Crippen LogP contribution in [0.25, 0.3) is 22.6 Å². The van der Waals surface area contributed by atoms with E-state index < -0.39 is 17.8 Å². The zero-order valence-electron chi connectivity index (χ0n) is 14.8. The van der Waals surface area contributed by atoms with Crippen molar-refractivity contribution in [2.75, 3.05) is 18.0 Å². The van der Waals surface area contributed by atoms with Crippen LogP contribution in [0.3, 0.4) is 0 Å². The van der Waals surface area contributed by atoms with Gasteiger partial charge in [-0.2, -0.15) is 13.2 Å². The Morgan fingerprint density at radius 2 is 1.82 bits per heavy atom. The number of benzene rings is 1. The van der Waals surface area contributed by atoms with Crippen LogP contribution in [-0.2, 0) is 6.18 Å². The second kappa shape index (κ2) is 7.20. The molecule has 3 aromatic rings. The largest absolute Gasteiger partial charge is 0.416 e. The van der Waals surface area contributed by atoms with E-state index in [1.165, 1.54) is 12.1 Å². The molecular formula is C20H17F3N4O. The van der Waals surface area contributed by atoms with Gasteiger partial charge in [-0.1, -0.05) is 12.1 Å². The van der Waals surface area contributed by atoms with Gasteiger partial charge in [0.25, 0.3) is 0 Å². The van der Waals surface area contributed by atoms with Crippen molar-refractivity contribution in [2.24, 2.45) is 0 Å². The molecule has 8 heteroatoms. The summed E-state index contributed by atoms with van der Waals surface area (Å²) in [5, 5.41) is 9.84. The molecule has 0 spiro atoms. The van der Waals surface area contributed by atoms with Crippen LogP contribution in [0.5, 0.6) is 0 Å². The number of alkyl halides is 3. The summed E-state index contributed by atoms with van der Waals surface area (Å²) in [5.74, 6) is 1.06. The van der Waals surface area contributed by atoms with Crippen molar-refractivity contribution in [2.45, 2.75) is 18.7 Å². The van der Waals surface area contributed by atoms with Gasteiger partial charge in [-0.3, -0.25) is 4.98 Å². The van der Waals surface area contributed by atoms with Gasteiger partial charge in [0, 0.05) is 42.7 Å². The minimum absolute atomic E-state index is 0.425. The topological polar surface area (TPSA) is 62.1 Å². The molecule has 0 aliphatic carbocycles. The quantitative estimate of drug-likeness (QED) is 0.742.